The molecule has 1 aliphatic heterocycles. The number of urea groups is 1. The number of rotatable bonds is 5. The van der Waals surface area contributed by atoms with Gasteiger partial charge in [0.25, 0.3) is 5.56 Å². The van der Waals surface area contributed by atoms with Crippen LogP contribution in [-0.2, 0) is 6.54 Å². The van der Waals surface area contributed by atoms with Gasteiger partial charge in [0.1, 0.15) is 5.67 Å². The van der Waals surface area contributed by atoms with Gasteiger partial charge < -0.3 is 15.3 Å². The minimum atomic E-state index is -1.27. The zero-order valence-electron chi connectivity index (χ0n) is 19.5. The van der Waals surface area contributed by atoms with E-state index in [1.54, 1.807) is 4.90 Å². The Hall–Kier alpha value is -2.74. The lowest BCUT2D eigenvalue weighted by molar-refractivity contribution is -0.135. The van der Waals surface area contributed by atoms with Crippen LogP contribution in [0.1, 0.15) is 51.4 Å². The maximum atomic E-state index is 14.4. The molecule has 0 unspecified atom stereocenters. The van der Waals surface area contributed by atoms with Crippen molar-refractivity contribution < 1.29 is 14.3 Å². The van der Waals surface area contributed by atoms with E-state index in [-0.39, 0.29) is 24.7 Å². The van der Waals surface area contributed by atoms with Crippen LogP contribution in [0.2, 0.25) is 0 Å². The first kappa shape index (κ1) is 23.0. The van der Waals surface area contributed by atoms with E-state index in [0.717, 1.165) is 37.7 Å². The summed E-state index contributed by atoms with van der Waals surface area (Å²) >= 11 is 0. The highest BCUT2D eigenvalue weighted by Gasteiger charge is 2.55. The van der Waals surface area contributed by atoms with Crippen molar-refractivity contribution >= 4 is 6.03 Å². The summed E-state index contributed by atoms with van der Waals surface area (Å²) in [6.07, 6.45) is 7.31. The van der Waals surface area contributed by atoms with Gasteiger partial charge in [-0.1, -0.05) is 43.2 Å². The Morgan fingerprint density at radius 1 is 1.09 bits per heavy atom. The number of piperidine rings is 1. The van der Waals surface area contributed by atoms with Crippen molar-refractivity contribution in [2.45, 2.75) is 69.2 Å². The topological polar surface area (TPSA) is 87.5 Å². The zero-order chi connectivity index (χ0) is 23.8. The van der Waals surface area contributed by atoms with E-state index in [9.17, 15) is 19.1 Å². The van der Waals surface area contributed by atoms with E-state index in [1.165, 1.54) is 17.0 Å². The number of likely N-dealkylation sites (tertiary alicyclic amines) is 1. The molecule has 0 radical (unpaired) electrons. The highest BCUT2D eigenvalue weighted by atomic mass is 19.1. The number of nitrogens with zero attached hydrogens (tertiary/aromatic N) is 3. The van der Waals surface area contributed by atoms with Crippen LogP contribution in [0, 0.1) is 5.41 Å². The van der Waals surface area contributed by atoms with Gasteiger partial charge in [-0.25, -0.2) is 14.2 Å². The van der Waals surface area contributed by atoms with Gasteiger partial charge in [-0.05, 0) is 38.5 Å². The molecule has 3 aliphatic rings. The normalized spacial score (nSPS) is 25.2. The standard InChI is InChI=1S/C26H33FN4O3/c27-25(11-6-12-25)16-28-23(33)30-14-13-26(34,24(17-30)9-4-5-10-24)18-31-19-29-21(15-22(31)32)20-7-2-1-3-8-20/h1-3,7-8,15,19,34H,4-6,9-14,16-18H2,(H,28,33)/t26-/m1/s1. The zero-order valence-corrected chi connectivity index (χ0v) is 19.5. The number of hydrogen-bond acceptors (Lipinski definition) is 4. The highest BCUT2D eigenvalue weighted by molar-refractivity contribution is 5.74. The van der Waals surface area contributed by atoms with Crippen LogP contribution in [0.15, 0.2) is 47.5 Å². The highest BCUT2D eigenvalue weighted by Crippen LogP contribution is 2.51. The fourth-order valence-corrected chi connectivity index (χ4v) is 5.95. The van der Waals surface area contributed by atoms with E-state index in [1.807, 2.05) is 30.3 Å². The second-order valence-corrected chi connectivity index (χ2v) is 10.5. The summed E-state index contributed by atoms with van der Waals surface area (Å²) in [6, 6.07) is 10.8. The Balaban J connectivity index is 1.32. The molecule has 1 spiro atoms. The summed E-state index contributed by atoms with van der Waals surface area (Å²) in [5, 5.41) is 14.7. The van der Waals surface area contributed by atoms with Crippen LogP contribution >= 0.6 is 0 Å². The van der Waals surface area contributed by atoms with Crippen molar-refractivity contribution in [2.75, 3.05) is 19.6 Å². The predicted octanol–water partition coefficient (Wildman–Crippen LogP) is 3.51. The molecular formula is C26H33FN4O3. The van der Waals surface area contributed by atoms with Crippen LogP contribution in [0.3, 0.4) is 0 Å². The number of aliphatic hydroxyl groups is 1. The van der Waals surface area contributed by atoms with Crippen molar-refractivity contribution in [3.63, 3.8) is 0 Å². The monoisotopic (exact) mass is 468 g/mol. The molecule has 2 aliphatic carbocycles. The van der Waals surface area contributed by atoms with Crippen molar-refractivity contribution in [3.05, 3.63) is 53.1 Å². The van der Waals surface area contributed by atoms with Gasteiger partial charge in [0.05, 0.1) is 30.7 Å². The summed E-state index contributed by atoms with van der Waals surface area (Å²) in [6.45, 7) is 0.984. The second kappa shape index (κ2) is 8.80. The Labute approximate surface area is 199 Å². The molecule has 3 fully saturated rings. The summed E-state index contributed by atoms with van der Waals surface area (Å²) in [5.74, 6) is 0. The second-order valence-electron chi connectivity index (χ2n) is 10.5. The summed E-state index contributed by atoms with van der Waals surface area (Å²) in [7, 11) is 0. The third-order valence-corrected chi connectivity index (χ3v) is 8.31. The maximum Gasteiger partial charge on any atom is 0.317 e. The first-order chi connectivity index (χ1) is 16.3. The predicted molar refractivity (Wildman–Crippen MR) is 127 cm³/mol. The fourth-order valence-electron chi connectivity index (χ4n) is 5.95. The first-order valence-corrected chi connectivity index (χ1v) is 12.4. The summed E-state index contributed by atoms with van der Waals surface area (Å²) < 4.78 is 15.8. The molecule has 1 atom stereocenters. The molecule has 8 heteroatoms. The average Bonchev–Trinajstić information content (AvgIpc) is 3.30. The van der Waals surface area contributed by atoms with Gasteiger partial charge in [-0.15, -0.1) is 0 Å². The van der Waals surface area contributed by atoms with Crippen LogP contribution in [0.4, 0.5) is 9.18 Å². The van der Waals surface area contributed by atoms with E-state index in [4.69, 9.17) is 0 Å². The number of benzene rings is 1. The quantitative estimate of drug-likeness (QED) is 0.703. The van der Waals surface area contributed by atoms with Gasteiger partial charge >= 0.3 is 6.03 Å². The number of hydrogen-bond donors (Lipinski definition) is 2. The van der Waals surface area contributed by atoms with E-state index < -0.39 is 16.7 Å². The fraction of sp³-hybridized carbons (Fsp3) is 0.577. The van der Waals surface area contributed by atoms with Gasteiger partial charge in [0.2, 0.25) is 0 Å². The molecule has 1 aromatic heterocycles. The number of alkyl halides is 1. The summed E-state index contributed by atoms with van der Waals surface area (Å²) in [4.78, 5) is 31.9. The molecule has 7 nitrogen and oxygen atoms in total. The van der Waals surface area contributed by atoms with Crippen molar-refractivity contribution in [1.82, 2.24) is 19.8 Å². The molecule has 2 amide bonds. The number of amides is 2. The van der Waals surface area contributed by atoms with Gasteiger partial charge in [0.15, 0.2) is 0 Å². The van der Waals surface area contributed by atoms with Crippen LogP contribution < -0.4 is 10.9 Å². The van der Waals surface area contributed by atoms with Crippen LogP contribution in [-0.4, -0.2) is 56.5 Å². The Morgan fingerprint density at radius 3 is 2.47 bits per heavy atom. The minimum absolute atomic E-state index is 0.0500. The molecule has 2 aromatic rings. The largest absolute Gasteiger partial charge is 0.387 e. The van der Waals surface area contributed by atoms with Crippen molar-refractivity contribution in [1.29, 1.82) is 0 Å². The smallest absolute Gasteiger partial charge is 0.317 e. The lowest BCUT2D eigenvalue weighted by Gasteiger charge is -2.52. The molecule has 34 heavy (non-hydrogen) atoms. The molecule has 182 valence electrons. The maximum absolute atomic E-state index is 14.4. The van der Waals surface area contributed by atoms with Crippen LogP contribution in [0.25, 0.3) is 11.3 Å². The van der Waals surface area contributed by atoms with E-state index >= 15 is 0 Å². The Kier molecular flexibility index (Phi) is 5.96. The molecule has 1 saturated heterocycles. The third kappa shape index (κ3) is 4.24. The minimum Gasteiger partial charge on any atom is -0.387 e. The molecule has 2 saturated carbocycles. The lowest BCUT2D eigenvalue weighted by Crippen LogP contribution is -2.63. The van der Waals surface area contributed by atoms with Crippen LogP contribution in [0.5, 0.6) is 0 Å². The van der Waals surface area contributed by atoms with E-state index in [0.29, 0.717) is 38.0 Å². The Morgan fingerprint density at radius 2 is 1.82 bits per heavy atom. The summed E-state index contributed by atoms with van der Waals surface area (Å²) in [5.41, 5.74) is -1.59. The molecule has 5 rings (SSSR count). The van der Waals surface area contributed by atoms with E-state index in [2.05, 4.69) is 10.3 Å². The molecule has 0 bridgehead atoms. The van der Waals surface area contributed by atoms with Gasteiger partial charge in [-0.2, -0.15) is 0 Å². The number of carbonyl (C=O) groups excluding carboxylic acids is 1. The van der Waals surface area contributed by atoms with Gasteiger partial charge in [0, 0.05) is 30.1 Å². The molecule has 2 N–H and O–H groups in total. The average molecular weight is 469 g/mol. The van der Waals surface area contributed by atoms with Crippen molar-refractivity contribution in [3.8, 4) is 11.3 Å². The SMILES string of the molecule is O=C(NCC1(F)CCC1)N1CC[C@@](O)(Cn2cnc(-c3ccccc3)cc2=O)C2(CCCC2)C1. The van der Waals surface area contributed by atoms with Gasteiger partial charge in [-0.3, -0.25) is 9.36 Å². The molecule has 1 aromatic carbocycles. The third-order valence-electron chi connectivity index (χ3n) is 8.31. The number of halogens is 1. The number of nitrogens with one attached hydrogen (secondary N) is 1. The number of carbonyl (C=O) groups is 1. The molecule has 2 heterocycles. The first-order valence-electron chi connectivity index (χ1n) is 12.4. The molecular weight excluding hydrogens is 435 g/mol. The lowest BCUT2D eigenvalue weighted by atomic mass is 9.66. The van der Waals surface area contributed by atoms with Crippen molar-refractivity contribution in [2.24, 2.45) is 5.41 Å². The Bertz CT molecular complexity index is 1090. The number of aromatic nitrogens is 2.